The summed E-state index contributed by atoms with van der Waals surface area (Å²) in [5.41, 5.74) is 12.6. The number of nitrogens with one attached hydrogen (secondary N) is 1. The van der Waals surface area contributed by atoms with Gasteiger partial charge < -0.3 is 11.1 Å². The summed E-state index contributed by atoms with van der Waals surface area (Å²) in [6.07, 6.45) is 1.77. The lowest BCUT2D eigenvalue weighted by Crippen LogP contribution is -2.13. The number of nitrogen functional groups attached to an aromatic ring is 1. The second kappa shape index (κ2) is 8.21. The second-order valence-corrected chi connectivity index (χ2v) is 7.17. The van der Waals surface area contributed by atoms with E-state index in [2.05, 4.69) is 24.1 Å². The Hall–Kier alpha value is -3.93. The standard InChI is InChI=1S/C24H23N5O/c1-16-17(2)29(28-23(16)22-9-5-6-14-26-22)15-18-10-12-19(13-11-18)24(30)27-21-8-4-3-7-20(21)25/h3-14H,15,25H2,1-2H3,(H,27,30). The van der Waals surface area contributed by atoms with Crippen molar-refractivity contribution < 1.29 is 4.79 Å². The Balaban J connectivity index is 1.50. The first-order chi connectivity index (χ1) is 14.5. The minimum atomic E-state index is -0.192. The van der Waals surface area contributed by atoms with Gasteiger partial charge in [-0.3, -0.25) is 14.5 Å². The summed E-state index contributed by atoms with van der Waals surface area (Å²) in [4.78, 5) is 16.9. The summed E-state index contributed by atoms with van der Waals surface area (Å²) in [5.74, 6) is -0.192. The van der Waals surface area contributed by atoms with E-state index in [0.717, 1.165) is 28.2 Å². The molecule has 0 aliphatic heterocycles. The van der Waals surface area contributed by atoms with E-state index in [0.29, 0.717) is 23.5 Å². The molecule has 2 aromatic heterocycles. The van der Waals surface area contributed by atoms with Crippen LogP contribution in [0.2, 0.25) is 0 Å². The lowest BCUT2D eigenvalue weighted by Gasteiger charge is -2.09. The molecule has 2 heterocycles. The van der Waals surface area contributed by atoms with Crippen LogP contribution in [0.4, 0.5) is 11.4 Å². The van der Waals surface area contributed by atoms with Gasteiger partial charge in [0.15, 0.2) is 0 Å². The molecule has 0 unspecified atom stereocenters. The van der Waals surface area contributed by atoms with E-state index in [1.165, 1.54) is 0 Å². The van der Waals surface area contributed by atoms with Crippen LogP contribution in [0.1, 0.15) is 27.2 Å². The summed E-state index contributed by atoms with van der Waals surface area (Å²) in [6.45, 7) is 4.74. The molecule has 2 aromatic carbocycles. The maximum absolute atomic E-state index is 12.5. The molecule has 0 radical (unpaired) electrons. The van der Waals surface area contributed by atoms with Gasteiger partial charge in [0.1, 0.15) is 5.69 Å². The number of rotatable bonds is 5. The predicted molar refractivity (Wildman–Crippen MR) is 119 cm³/mol. The molecule has 0 bridgehead atoms. The summed E-state index contributed by atoms with van der Waals surface area (Å²) < 4.78 is 1.97. The number of hydrogen-bond acceptors (Lipinski definition) is 4. The Morgan fingerprint density at radius 2 is 1.73 bits per heavy atom. The summed E-state index contributed by atoms with van der Waals surface area (Å²) in [7, 11) is 0. The number of hydrogen-bond donors (Lipinski definition) is 2. The van der Waals surface area contributed by atoms with Gasteiger partial charge in [0.05, 0.1) is 23.6 Å². The SMILES string of the molecule is Cc1c(-c2ccccn2)nn(Cc2ccc(C(=O)Nc3ccccc3N)cc2)c1C. The van der Waals surface area contributed by atoms with Crippen molar-refractivity contribution in [2.24, 2.45) is 0 Å². The zero-order valence-electron chi connectivity index (χ0n) is 17.0. The fraction of sp³-hybridized carbons (Fsp3) is 0.125. The van der Waals surface area contributed by atoms with Crippen molar-refractivity contribution in [3.8, 4) is 11.4 Å². The molecule has 4 rings (SSSR count). The molecule has 6 heteroatoms. The molecule has 4 aromatic rings. The minimum absolute atomic E-state index is 0.192. The maximum Gasteiger partial charge on any atom is 0.255 e. The molecule has 0 aliphatic rings. The third-order valence-corrected chi connectivity index (χ3v) is 5.17. The molecule has 150 valence electrons. The second-order valence-electron chi connectivity index (χ2n) is 7.17. The van der Waals surface area contributed by atoms with Crippen molar-refractivity contribution in [2.75, 3.05) is 11.1 Å². The van der Waals surface area contributed by atoms with Gasteiger partial charge in [0.25, 0.3) is 5.91 Å². The highest BCUT2D eigenvalue weighted by molar-refractivity contribution is 6.05. The minimum Gasteiger partial charge on any atom is -0.397 e. The van der Waals surface area contributed by atoms with Crippen LogP contribution in [0, 0.1) is 13.8 Å². The largest absolute Gasteiger partial charge is 0.397 e. The molecule has 0 spiro atoms. The van der Waals surface area contributed by atoms with Gasteiger partial charge in [-0.15, -0.1) is 0 Å². The lowest BCUT2D eigenvalue weighted by molar-refractivity contribution is 0.102. The molecule has 0 saturated carbocycles. The molecular weight excluding hydrogens is 374 g/mol. The van der Waals surface area contributed by atoms with Gasteiger partial charge in [-0.05, 0) is 61.4 Å². The molecule has 6 nitrogen and oxygen atoms in total. The molecular formula is C24H23N5O. The van der Waals surface area contributed by atoms with Crippen molar-refractivity contribution in [1.29, 1.82) is 0 Å². The van der Waals surface area contributed by atoms with Crippen LogP contribution in [0.5, 0.6) is 0 Å². The predicted octanol–water partition coefficient (Wildman–Crippen LogP) is 4.44. The van der Waals surface area contributed by atoms with E-state index in [1.807, 2.05) is 59.3 Å². The highest BCUT2D eigenvalue weighted by Crippen LogP contribution is 2.23. The van der Waals surface area contributed by atoms with E-state index >= 15 is 0 Å². The fourth-order valence-electron chi connectivity index (χ4n) is 3.28. The first kappa shape index (κ1) is 19.4. The lowest BCUT2D eigenvalue weighted by atomic mass is 10.1. The van der Waals surface area contributed by atoms with Gasteiger partial charge in [0, 0.05) is 17.5 Å². The van der Waals surface area contributed by atoms with E-state index in [1.54, 1.807) is 18.3 Å². The van der Waals surface area contributed by atoms with Crippen molar-refractivity contribution in [2.45, 2.75) is 20.4 Å². The van der Waals surface area contributed by atoms with Gasteiger partial charge in [0.2, 0.25) is 0 Å². The van der Waals surface area contributed by atoms with Crippen LogP contribution < -0.4 is 11.1 Å². The van der Waals surface area contributed by atoms with Crippen LogP contribution in [0.15, 0.2) is 72.9 Å². The van der Waals surface area contributed by atoms with Crippen LogP contribution in [-0.4, -0.2) is 20.7 Å². The number of pyridine rings is 1. The summed E-state index contributed by atoms with van der Waals surface area (Å²) in [5, 5.41) is 7.60. The number of nitrogens with two attached hydrogens (primary N) is 1. The monoisotopic (exact) mass is 397 g/mol. The Morgan fingerprint density at radius 3 is 2.43 bits per heavy atom. The Labute approximate surface area is 175 Å². The number of nitrogens with zero attached hydrogens (tertiary/aromatic N) is 3. The summed E-state index contributed by atoms with van der Waals surface area (Å²) in [6, 6.07) is 20.5. The average Bonchev–Trinajstić information content (AvgIpc) is 3.05. The van der Waals surface area contributed by atoms with Gasteiger partial charge in [-0.1, -0.05) is 30.3 Å². The van der Waals surface area contributed by atoms with Gasteiger partial charge >= 0.3 is 0 Å². The molecule has 0 atom stereocenters. The van der Waals surface area contributed by atoms with E-state index in [9.17, 15) is 4.79 Å². The number of para-hydroxylation sites is 2. The number of carbonyl (C=O) groups excluding carboxylic acids is 1. The third kappa shape index (κ3) is 3.93. The smallest absolute Gasteiger partial charge is 0.255 e. The van der Waals surface area contributed by atoms with Crippen LogP contribution in [0.3, 0.4) is 0 Å². The van der Waals surface area contributed by atoms with Crippen LogP contribution in [-0.2, 0) is 6.54 Å². The molecule has 0 saturated heterocycles. The number of anilines is 2. The quantitative estimate of drug-likeness (QED) is 0.487. The molecule has 0 fully saturated rings. The van der Waals surface area contributed by atoms with Crippen molar-refractivity contribution in [3.05, 3.63) is 95.3 Å². The van der Waals surface area contributed by atoms with E-state index in [4.69, 9.17) is 10.8 Å². The maximum atomic E-state index is 12.5. The Bertz CT molecular complexity index is 1180. The number of benzene rings is 2. The van der Waals surface area contributed by atoms with Crippen LogP contribution in [0.25, 0.3) is 11.4 Å². The van der Waals surface area contributed by atoms with E-state index in [-0.39, 0.29) is 5.91 Å². The van der Waals surface area contributed by atoms with Crippen molar-refractivity contribution >= 4 is 17.3 Å². The third-order valence-electron chi connectivity index (χ3n) is 5.17. The number of amides is 1. The average molecular weight is 397 g/mol. The highest BCUT2D eigenvalue weighted by Gasteiger charge is 2.14. The molecule has 3 N–H and O–H groups in total. The summed E-state index contributed by atoms with van der Waals surface area (Å²) >= 11 is 0. The Morgan fingerprint density at radius 1 is 1.00 bits per heavy atom. The van der Waals surface area contributed by atoms with Crippen molar-refractivity contribution in [3.63, 3.8) is 0 Å². The fourth-order valence-corrected chi connectivity index (χ4v) is 3.28. The van der Waals surface area contributed by atoms with Gasteiger partial charge in [-0.25, -0.2) is 0 Å². The molecule has 30 heavy (non-hydrogen) atoms. The zero-order valence-corrected chi connectivity index (χ0v) is 17.0. The van der Waals surface area contributed by atoms with E-state index < -0.39 is 0 Å². The zero-order chi connectivity index (χ0) is 21.1. The number of aromatic nitrogens is 3. The Kier molecular flexibility index (Phi) is 5.30. The van der Waals surface area contributed by atoms with Crippen molar-refractivity contribution in [1.82, 2.24) is 14.8 Å². The topological polar surface area (TPSA) is 85.8 Å². The first-order valence-electron chi connectivity index (χ1n) is 9.73. The van der Waals surface area contributed by atoms with Crippen LogP contribution >= 0.6 is 0 Å². The van der Waals surface area contributed by atoms with Gasteiger partial charge in [-0.2, -0.15) is 5.10 Å². The molecule has 1 amide bonds. The normalized spacial score (nSPS) is 10.7. The highest BCUT2D eigenvalue weighted by atomic mass is 16.1. The molecule has 0 aliphatic carbocycles. The number of carbonyl (C=O) groups is 1. The first-order valence-corrected chi connectivity index (χ1v) is 9.73.